The molecule has 6 rings (SSSR count). The number of piperidine rings is 1. The summed E-state index contributed by atoms with van der Waals surface area (Å²) in [7, 11) is 0. The second-order valence-corrected chi connectivity index (χ2v) is 14.2. The highest BCUT2D eigenvalue weighted by molar-refractivity contribution is 5.74. The van der Waals surface area contributed by atoms with Crippen LogP contribution in [0.15, 0.2) is 60.8 Å². The molecule has 0 aliphatic carbocycles. The second kappa shape index (κ2) is 14.0. The minimum Gasteiger partial charge on any atom is -0.491 e. The number of carboxylic acid groups (broad SMARTS) is 1. The lowest BCUT2D eigenvalue weighted by atomic mass is 9.69. The van der Waals surface area contributed by atoms with Gasteiger partial charge in [0.1, 0.15) is 17.6 Å². The van der Waals surface area contributed by atoms with Gasteiger partial charge in [-0.1, -0.05) is 38.1 Å². The van der Waals surface area contributed by atoms with Gasteiger partial charge in [-0.05, 0) is 86.8 Å². The molecule has 2 unspecified atom stereocenters. The number of carbonyl (C=O) groups is 1. The number of alkyl halides is 3. The van der Waals surface area contributed by atoms with Crippen LogP contribution in [0, 0.1) is 18.3 Å². The average Bonchev–Trinajstić information content (AvgIpc) is 3.67. The number of carboxylic acids is 1. The molecular formula is C37H44F3N7O4. The normalized spacial score (nSPS) is 19.5. The monoisotopic (exact) mass is 707 g/mol. The van der Waals surface area contributed by atoms with E-state index in [1.54, 1.807) is 31.3 Å². The molecule has 2 saturated heterocycles. The molecule has 2 fully saturated rings. The van der Waals surface area contributed by atoms with Crippen LogP contribution in [0.3, 0.4) is 0 Å². The van der Waals surface area contributed by atoms with E-state index in [9.17, 15) is 23.1 Å². The molecule has 14 heteroatoms. The lowest BCUT2D eigenvalue weighted by molar-refractivity contribution is -0.198. The van der Waals surface area contributed by atoms with Gasteiger partial charge in [0.2, 0.25) is 17.9 Å². The number of nitrogens with one attached hydrogen (secondary N) is 1. The number of halogens is 3. The van der Waals surface area contributed by atoms with E-state index >= 15 is 0 Å². The van der Waals surface area contributed by atoms with Crippen molar-refractivity contribution >= 4 is 17.7 Å². The number of benzene rings is 2. The number of anilines is 2. The summed E-state index contributed by atoms with van der Waals surface area (Å²) < 4.78 is 57.8. The molecule has 11 nitrogen and oxygen atoms in total. The lowest BCUT2D eigenvalue weighted by Crippen LogP contribution is -2.49. The molecule has 2 aromatic heterocycles. The SMILES string of the molecule is Cc1ccn(-c2cc(-c3ccc(OC(C)C)cc3)ccc2[C@@H](Oc2cc(N3CCC4(CC3)CC(C(=O)O)NC4C(C)C)nc(N)n2)C(F)(F)F)n1. The summed E-state index contributed by atoms with van der Waals surface area (Å²) in [5, 5.41) is 17.4. The Labute approximate surface area is 295 Å². The molecule has 2 aromatic carbocycles. The molecule has 2 aliphatic heterocycles. The van der Waals surface area contributed by atoms with Crippen LogP contribution in [0.1, 0.15) is 64.3 Å². The van der Waals surface area contributed by atoms with Crippen LogP contribution >= 0.6 is 0 Å². The highest BCUT2D eigenvalue weighted by Gasteiger charge is 2.51. The highest BCUT2D eigenvalue weighted by Crippen LogP contribution is 2.47. The maximum absolute atomic E-state index is 15.0. The van der Waals surface area contributed by atoms with Crippen LogP contribution in [0.4, 0.5) is 24.9 Å². The predicted octanol–water partition coefficient (Wildman–Crippen LogP) is 6.75. The van der Waals surface area contributed by atoms with Gasteiger partial charge in [-0.15, -0.1) is 0 Å². The minimum atomic E-state index is -4.84. The third-order valence-electron chi connectivity index (χ3n) is 9.78. The number of ether oxygens (including phenoxy) is 2. The molecule has 4 heterocycles. The molecule has 2 aliphatic rings. The Morgan fingerprint density at radius 2 is 1.69 bits per heavy atom. The smallest absolute Gasteiger partial charge is 0.429 e. The maximum atomic E-state index is 15.0. The second-order valence-electron chi connectivity index (χ2n) is 14.2. The van der Waals surface area contributed by atoms with Gasteiger partial charge in [-0.25, -0.2) is 4.68 Å². The number of hydrogen-bond acceptors (Lipinski definition) is 9. The van der Waals surface area contributed by atoms with Gasteiger partial charge in [-0.3, -0.25) is 4.79 Å². The van der Waals surface area contributed by atoms with Crippen LogP contribution in [0.25, 0.3) is 16.8 Å². The Balaban J connectivity index is 1.29. The first-order chi connectivity index (χ1) is 24.1. The molecule has 3 atom stereocenters. The van der Waals surface area contributed by atoms with E-state index in [4.69, 9.17) is 15.2 Å². The Morgan fingerprint density at radius 3 is 2.27 bits per heavy atom. The van der Waals surface area contributed by atoms with Crippen LogP contribution < -0.4 is 25.4 Å². The molecule has 0 amide bonds. The van der Waals surface area contributed by atoms with Crippen LogP contribution in [-0.4, -0.2) is 68.3 Å². The van der Waals surface area contributed by atoms with Crippen molar-refractivity contribution in [2.45, 2.75) is 84.3 Å². The van der Waals surface area contributed by atoms with Crippen molar-refractivity contribution in [3.8, 4) is 28.4 Å². The van der Waals surface area contributed by atoms with E-state index in [0.717, 1.165) is 5.56 Å². The van der Waals surface area contributed by atoms with Crippen molar-refractivity contribution in [1.29, 1.82) is 0 Å². The standard InChI is InChI=1S/C37H44F3N7O4/c1-21(2)32-36(20-28(42-32)34(48)49)13-16-46(17-14-36)30-19-31(44-35(41)43-30)51-33(37(38,39)40)27-11-8-25(18-29(27)47-15-12-23(5)45-47)24-6-9-26(10-7-24)50-22(3)4/h6-12,15,18-19,21-22,28,32-33,42H,13-14,16-17,20H2,1-5H3,(H,48,49)(H2,41,43,44)/t28?,32?,33-/m1/s1. The van der Waals surface area contributed by atoms with Crippen molar-refractivity contribution in [3.05, 3.63) is 72.1 Å². The van der Waals surface area contributed by atoms with E-state index in [-0.39, 0.29) is 46.6 Å². The van der Waals surface area contributed by atoms with E-state index in [0.29, 0.717) is 55.2 Å². The fraction of sp³-hybridized carbons (Fsp3) is 0.459. The number of aryl methyl sites for hydroxylation is 1. The van der Waals surface area contributed by atoms with E-state index in [1.807, 2.05) is 43.0 Å². The van der Waals surface area contributed by atoms with Crippen molar-refractivity contribution in [2.75, 3.05) is 23.7 Å². The number of nitrogen functional groups attached to an aromatic ring is 1. The quantitative estimate of drug-likeness (QED) is 0.162. The lowest BCUT2D eigenvalue weighted by Gasteiger charge is -2.44. The zero-order chi connectivity index (χ0) is 36.7. The van der Waals surface area contributed by atoms with Gasteiger partial charge in [0.05, 0.1) is 17.5 Å². The zero-order valence-electron chi connectivity index (χ0n) is 29.3. The number of nitrogens with two attached hydrogens (primary N) is 1. The van der Waals surface area contributed by atoms with Gasteiger partial charge in [0, 0.05) is 37.0 Å². The summed E-state index contributed by atoms with van der Waals surface area (Å²) in [5.74, 6) is -0.145. The molecular weight excluding hydrogens is 663 g/mol. The van der Waals surface area contributed by atoms with Crippen LogP contribution in [-0.2, 0) is 4.79 Å². The van der Waals surface area contributed by atoms with Crippen molar-refractivity contribution in [1.82, 2.24) is 25.1 Å². The van der Waals surface area contributed by atoms with Gasteiger partial charge in [0.15, 0.2) is 0 Å². The first kappa shape index (κ1) is 36.0. The number of aliphatic carboxylic acids is 1. The number of aromatic nitrogens is 4. The fourth-order valence-electron chi connectivity index (χ4n) is 7.51. The first-order valence-electron chi connectivity index (χ1n) is 17.2. The minimum absolute atomic E-state index is 0.00196. The maximum Gasteiger partial charge on any atom is 0.429 e. The Bertz CT molecular complexity index is 1850. The van der Waals surface area contributed by atoms with E-state index in [1.165, 1.54) is 16.8 Å². The molecule has 51 heavy (non-hydrogen) atoms. The van der Waals surface area contributed by atoms with Crippen LogP contribution in [0.2, 0.25) is 0 Å². The topological polar surface area (TPSA) is 141 Å². The number of rotatable bonds is 10. The third-order valence-corrected chi connectivity index (χ3v) is 9.78. The summed E-state index contributed by atoms with van der Waals surface area (Å²) in [5.41, 5.74) is 7.98. The van der Waals surface area contributed by atoms with Gasteiger partial charge in [-0.2, -0.15) is 28.2 Å². The predicted molar refractivity (Wildman–Crippen MR) is 187 cm³/mol. The summed E-state index contributed by atoms with van der Waals surface area (Å²) in [6.07, 6.45) is -3.76. The Kier molecular flexibility index (Phi) is 9.90. The number of hydrogen-bond donors (Lipinski definition) is 3. The molecule has 0 radical (unpaired) electrons. The highest BCUT2D eigenvalue weighted by atomic mass is 19.4. The van der Waals surface area contributed by atoms with Crippen molar-refractivity contribution in [3.63, 3.8) is 0 Å². The Morgan fingerprint density at radius 1 is 1.00 bits per heavy atom. The largest absolute Gasteiger partial charge is 0.491 e. The number of nitrogens with zero attached hydrogens (tertiary/aromatic N) is 5. The summed E-state index contributed by atoms with van der Waals surface area (Å²) in [4.78, 5) is 22.2. The average molecular weight is 708 g/mol. The van der Waals surface area contributed by atoms with Gasteiger partial charge >= 0.3 is 12.1 Å². The third kappa shape index (κ3) is 7.75. The fourth-order valence-corrected chi connectivity index (χ4v) is 7.51. The van der Waals surface area contributed by atoms with Gasteiger partial charge in [0.25, 0.3) is 0 Å². The molecule has 0 saturated carbocycles. The summed E-state index contributed by atoms with van der Waals surface area (Å²) in [6.45, 7) is 10.8. The van der Waals surface area contributed by atoms with Crippen molar-refractivity contribution < 1.29 is 32.5 Å². The van der Waals surface area contributed by atoms with Gasteiger partial charge < -0.3 is 30.5 Å². The van der Waals surface area contributed by atoms with E-state index < -0.39 is 24.3 Å². The molecule has 0 bridgehead atoms. The zero-order valence-corrected chi connectivity index (χ0v) is 29.3. The molecule has 1 spiro atoms. The summed E-state index contributed by atoms with van der Waals surface area (Å²) in [6, 6.07) is 14.5. The van der Waals surface area contributed by atoms with E-state index in [2.05, 4.69) is 34.2 Å². The Hall–Kier alpha value is -4.85. The molecule has 4 N–H and O–H groups in total. The van der Waals surface area contributed by atoms with Crippen molar-refractivity contribution in [2.24, 2.45) is 11.3 Å². The summed E-state index contributed by atoms with van der Waals surface area (Å²) >= 11 is 0. The first-order valence-corrected chi connectivity index (χ1v) is 17.2. The molecule has 4 aromatic rings. The van der Waals surface area contributed by atoms with Crippen LogP contribution in [0.5, 0.6) is 11.6 Å². The molecule has 272 valence electrons.